The average Bonchev–Trinajstić information content (AvgIpc) is 2.16. The second-order valence-electron chi connectivity index (χ2n) is 2.84. The van der Waals surface area contributed by atoms with Gasteiger partial charge in [-0.1, -0.05) is 0 Å². The van der Waals surface area contributed by atoms with Gasteiger partial charge in [-0.15, -0.1) is 0 Å². The van der Waals surface area contributed by atoms with Crippen molar-refractivity contribution in [3.63, 3.8) is 0 Å². The van der Waals surface area contributed by atoms with Crippen molar-refractivity contribution in [3.05, 3.63) is 28.8 Å². The van der Waals surface area contributed by atoms with Crippen molar-refractivity contribution in [2.75, 3.05) is 0 Å². The van der Waals surface area contributed by atoms with Crippen LogP contribution >= 0.6 is 0 Å². The number of phenols is 1. The Bertz CT molecular complexity index is 459. The first-order chi connectivity index (χ1) is 7.34. The molecule has 1 aromatic rings. The number of hydrogen-bond acceptors (Lipinski definition) is 4. The van der Waals surface area contributed by atoms with Crippen LogP contribution in [0.5, 0.6) is 5.75 Å². The fourth-order valence-electron chi connectivity index (χ4n) is 1.08. The number of aromatic hydroxyl groups is 1. The summed E-state index contributed by atoms with van der Waals surface area (Å²) in [7, 11) is 0. The van der Waals surface area contributed by atoms with Crippen LogP contribution < -0.4 is 0 Å². The van der Waals surface area contributed by atoms with Crippen LogP contribution in [0.3, 0.4) is 0 Å². The number of benzene rings is 1. The number of aromatic carboxylic acids is 3. The molecule has 0 aliphatic carbocycles. The minimum atomic E-state index is -1.61. The van der Waals surface area contributed by atoms with E-state index in [1.165, 1.54) is 0 Å². The van der Waals surface area contributed by atoms with Crippen LogP contribution in [0, 0.1) is 0 Å². The Morgan fingerprint density at radius 3 is 1.41 bits per heavy atom. The molecule has 0 saturated carbocycles. The largest absolute Gasteiger partial charge is 0.506 e. The van der Waals surface area contributed by atoms with Gasteiger partial charge in [-0.3, -0.25) is 0 Å². The fraction of sp³-hybridized carbons (Fsp3) is 0. The Labute approximate surface area is 107 Å². The van der Waals surface area contributed by atoms with Gasteiger partial charge in [-0.2, -0.15) is 0 Å². The summed E-state index contributed by atoms with van der Waals surface area (Å²) in [6.45, 7) is 0. The van der Waals surface area contributed by atoms with Gasteiger partial charge in [0.05, 0.1) is 5.56 Å². The van der Waals surface area contributed by atoms with Crippen LogP contribution in [0.1, 0.15) is 31.1 Å². The summed E-state index contributed by atoms with van der Waals surface area (Å²) in [6, 6.07) is 1.37. The molecule has 0 aliphatic rings. The summed E-state index contributed by atoms with van der Waals surface area (Å²) < 4.78 is 0. The summed E-state index contributed by atoms with van der Waals surface area (Å²) in [5.41, 5.74) is -2.05. The monoisotopic (exact) mass is 290 g/mol. The molecule has 0 fully saturated rings. The van der Waals surface area contributed by atoms with E-state index in [-0.39, 0.29) is 19.5 Å². The minimum absolute atomic E-state index is 0. The fourth-order valence-corrected chi connectivity index (χ4v) is 1.08. The van der Waals surface area contributed by atoms with Gasteiger partial charge in [-0.05, 0) is 12.1 Å². The zero-order valence-electron chi connectivity index (χ0n) is 8.38. The van der Waals surface area contributed by atoms with Gasteiger partial charge in [0.2, 0.25) is 0 Å². The molecule has 4 N–H and O–H groups in total. The molecule has 0 amide bonds. The predicted molar refractivity (Wildman–Crippen MR) is 49.0 cm³/mol. The quantitative estimate of drug-likeness (QED) is 0.595. The van der Waals surface area contributed by atoms with Crippen molar-refractivity contribution in [2.45, 2.75) is 0 Å². The first-order valence-corrected chi connectivity index (χ1v) is 3.91. The smallest absolute Gasteiger partial charge is 0.339 e. The predicted octanol–water partition coefficient (Wildman–Crippen LogP) is 0.484. The van der Waals surface area contributed by atoms with Crippen molar-refractivity contribution in [1.29, 1.82) is 0 Å². The molecule has 0 bridgehead atoms. The standard InChI is InChI=1S/C9H6O7.Zn/c10-6-4(8(13)14)1-3(7(11)12)2-5(6)9(15)16;/h1-2,10H,(H,11,12)(H,13,14)(H,15,16);. The summed E-state index contributed by atoms with van der Waals surface area (Å²) >= 11 is 0. The zero-order chi connectivity index (χ0) is 12.5. The Hall–Kier alpha value is -1.95. The van der Waals surface area contributed by atoms with E-state index in [9.17, 15) is 19.5 Å². The molecule has 0 radical (unpaired) electrons. The number of rotatable bonds is 3. The van der Waals surface area contributed by atoms with Gasteiger partial charge >= 0.3 is 17.9 Å². The molecule has 1 rings (SSSR count). The maximum absolute atomic E-state index is 10.6. The van der Waals surface area contributed by atoms with Crippen molar-refractivity contribution >= 4 is 17.9 Å². The molecule has 0 heterocycles. The molecular weight excluding hydrogens is 285 g/mol. The van der Waals surface area contributed by atoms with E-state index in [1.807, 2.05) is 0 Å². The van der Waals surface area contributed by atoms with E-state index in [1.54, 1.807) is 0 Å². The molecule has 0 aromatic heterocycles. The Balaban J connectivity index is 0.00000256. The second-order valence-corrected chi connectivity index (χ2v) is 2.84. The second kappa shape index (κ2) is 5.40. The van der Waals surface area contributed by atoms with E-state index in [0.717, 1.165) is 0 Å². The maximum Gasteiger partial charge on any atom is 0.339 e. The molecule has 86 valence electrons. The van der Waals surface area contributed by atoms with E-state index in [4.69, 9.17) is 15.3 Å². The van der Waals surface area contributed by atoms with Crippen molar-refractivity contribution in [3.8, 4) is 5.75 Å². The minimum Gasteiger partial charge on any atom is -0.506 e. The van der Waals surface area contributed by atoms with Crippen LogP contribution in [0.25, 0.3) is 0 Å². The molecule has 17 heavy (non-hydrogen) atoms. The van der Waals surface area contributed by atoms with E-state index in [2.05, 4.69) is 0 Å². The Kier molecular flexibility index (Phi) is 4.78. The molecule has 7 nitrogen and oxygen atoms in total. The topological polar surface area (TPSA) is 132 Å². The molecule has 0 saturated heterocycles. The number of carboxylic acids is 3. The first-order valence-electron chi connectivity index (χ1n) is 3.91. The van der Waals surface area contributed by atoms with E-state index < -0.39 is 40.3 Å². The van der Waals surface area contributed by atoms with Gasteiger partial charge in [0.1, 0.15) is 16.9 Å². The van der Waals surface area contributed by atoms with Gasteiger partial charge in [0.25, 0.3) is 0 Å². The molecule has 0 atom stereocenters. The summed E-state index contributed by atoms with van der Waals surface area (Å²) in [6.07, 6.45) is 0. The van der Waals surface area contributed by atoms with E-state index in [0.29, 0.717) is 12.1 Å². The van der Waals surface area contributed by atoms with Crippen molar-refractivity contribution < 1.29 is 54.3 Å². The summed E-state index contributed by atoms with van der Waals surface area (Å²) in [5, 5.41) is 35.2. The molecule has 0 aliphatic heterocycles. The SMILES string of the molecule is O=C(O)c1cc(C(=O)O)c(O)c(C(=O)O)c1.[Zn]. The number of carboxylic acid groups (broad SMARTS) is 3. The number of hydrogen-bond donors (Lipinski definition) is 4. The van der Waals surface area contributed by atoms with E-state index >= 15 is 0 Å². The third kappa shape index (κ3) is 3.01. The summed E-state index contributed by atoms with van der Waals surface area (Å²) in [5.74, 6) is -5.67. The third-order valence-electron chi connectivity index (χ3n) is 1.82. The van der Waals surface area contributed by atoms with Gasteiger partial charge in [0.15, 0.2) is 0 Å². The van der Waals surface area contributed by atoms with Crippen LogP contribution in [0.2, 0.25) is 0 Å². The zero-order valence-corrected chi connectivity index (χ0v) is 11.3. The van der Waals surface area contributed by atoms with Crippen molar-refractivity contribution in [1.82, 2.24) is 0 Å². The van der Waals surface area contributed by atoms with Crippen LogP contribution in [0.15, 0.2) is 12.1 Å². The van der Waals surface area contributed by atoms with Crippen LogP contribution in [0.4, 0.5) is 0 Å². The van der Waals surface area contributed by atoms with Crippen LogP contribution in [-0.4, -0.2) is 38.3 Å². The Morgan fingerprint density at radius 2 is 1.18 bits per heavy atom. The number of carbonyl (C=O) groups is 3. The normalized spacial score (nSPS) is 9.18. The van der Waals surface area contributed by atoms with Gasteiger partial charge < -0.3 is 20.4 Å². The molecule has 1 aromatic carbocycles. The molecule has 0 spiro atoms. The van der Waals surface area contributed by atoms with Crippen molar-refractivity contribution in [2.24, 2.45) is 0 Å². The Morgan fingerprint density at radius 1 is 0.824 bits per heavy atom. The van der Waals surface area contributed by atoms with Crippen LogP contribution in [-0.2, 0) is 19.5 Å². The maximum atomic E-state index is 10.6. The average molecular weight is 292 g/mol. The molecule has 0 unspecified atom stereocenters. The van der Waals surface area contributed by atoms with Gasteiger partial charge in [-0.25, -0.2) is 14.4 Å². The molecular formula is C9H6O7Zn. The first kappa shape index (κ1) is 15.1. The summed E-state index contributed by atoms with van der Waals surface area (Å²) in [4.78, 5) is 31.8. The van der Waals surface area contributed by atoms with Gasteiger partial charge in [0, 0.05) is 19.5 Å². The molecule has 8 heteroatoms. The third-order valence-corrected chi connectivity index (χ3v) is 1.82.